The van der Waals surface area contributed by atoms with Gasteiger partial charge in [0, 0.05) is 0 Å². The highest BCUT2D eigenvalue weighted by atomic mass is 16.4. The first kappa shape index (κ1) is 10.1. The molecule has 0 aliphatic carbocycles. The fourth-order valence-electron chi connectivity index (χ4n) is 1.38. The Kier molecular flexibility index (Phi) is 2.68. The van der Waals surface area contributed by atoms with Crippen LogP contribution in [0.5, 0.6) is 0 Å². The van der Waals surface area contributed by atoms with Crippen molar-refractivity contribution >= 4 is 11.1 Å². The van der Waals surface area contributed by atoms with Crippen molar-refractivity contribution in [3.8, 4) is 0 Å². The SMILES string of the molecule is OCC(O)C(O)c1ccc2ocnc2c1. The molecule has 1 aromatic carbocycles. The maximum absolute atomic E-state index is 9.62. The molecule has 2 atom stereocenters. The van der Waals surface area contributed by atoms with Crippen LogP contribution in [-0.2, 0) is 0 Å². The summed E-state index contributed by atoms with van der Waals surface area (Å²) in [6.45, 7) is -0.488. The van der Waals surface area contributed by atoms with Crippen LogP contribution in [0.25, 0.3) is 11.1 Å². The molecule has 0 aliphatic heterocycles. The lowest BCUT2D eigenvalue weighted by molar-refractivity contribution is -0.0152. The Hall–Kier alpha value is -1.43. The van der Waals surface area contributed by atoms with E-state index in [2.05, 4.69) is 4.98 Å². The van der Waals surface area contributed by atoms with E-state index in [4.69, 9.17) is 9.52 Å². The second kappa shape index (κ2) is 3.98. The van der Waals surface area contributed by atoms with Crippen LogP contribution in [0.3, 0.4) is 0 Å². The van der Waals surface area contributed by atoms with Gasteiger partial charge in [-0.1, -0.05) is 6.07 Å². The van der Waals surface area contributed by atoms with E-state index in [1.807, 2.05) is 0 Å². The average molecular weight is 209 g/mol. The Labute approximate surface area is 85.6 Å². The topological polar surface area (TPSA) is 86.7 Å². The monoisotopic (exact) mass is 209 g/mol. The van der Waals surface area contributed by atoms with Gasteiger partial charge in [-0.05, 0) is 17.7 Å². The molecule has 3 N–H and O–H groups in total. The van der Waals surface area contributed by atoms with Crippen LogP contribution in [-0.4, -0.2) is 33.0 Å². The van der Waals surface area contributed by atoms with E-state index in [1.165, 1.54) is 6.39 Å². The van der Waals surface area contributed by atoms with Gasteiger partial charge < -0.3 is 19.7 Å². The molecule has 0 spiro atoms. The fourth-order valence-corrected chi connectivity index (χ4v) is 1.38. The summed E-state index contributed by atoms with van der Waals surface area (Å²) in [4.78, 5) is 3.93. The second-order valence-electron chi connectivity index (χ2n) is 3.27. The number of hydrogen-bond acceptors (Lipinski definition) is 5. The summed E-state index contributed by atoms with van der Waals surface area (Å²) in [5.74, 6) is 0. The average Bonchev–Trinajstić information content (AvgIpc) is 2.73. The quantitative estimate of drug-likeness (QED) is 0.672. The number of aromatic nitrogens is 1. The number of aliphatic hydroxyl groups excluding tert-OH is 3. The summed E-state index contributed by atoms with van der Waals surface area (Å²) in [6, 6.07) is 4.89. The molecule has 0 bridgehead atoms. The first-order chi connectivity index (χ1) is 7.22. The van der Waals surface area contributed by atoms with Gasteiger partial charge in [-0.3, -0.25) is 0 Å². The zero-order valence-corrected chi connectivity index (χ0v) is 7.87. The van der Waals surface area contributed by atoms with Crippen LogP contribution in [0.2, 0.25) is 0 Å². The van der Waals surface area contributed by atoms with E-state index in [-0.39, 0.29) is 0 Å². The molecule has 2 unspecified atom stereocenters. The highest BCUT2D eigenvalue weighted by Crippen LogP contribution is 2.21. The van der Waals surface area contributed by atoms with Gasteiger partial charge in [-0.2, -0.15) is 0 Å². The van der Waals surface area contributed by atoms with E-state index in [1.54, 1.807) is 18.2 Å². The Morgan fingerprint density at radius 1 is 1.33 bits per heavy atom. The van der Waals surface area contributed by atoms with Crippen LogP contribution in [0.15, 0.2) is 29.0 Å². The fraction of sp³-hybridized carbons (Fsp3) is 0.300. The minimum Gasteiger partial charge on any atom is -0.443 e. The molecule has 1 aromatic heterocycles. The van der Waals surface area contributed by atoms with Crippen LogP contribution in [0, 0.1) is 0 Å². The molecule has 15 heavy (non-hydrogen) atoms. The molecule has 2 aromatic rings. The van der Waals surface area contributed by atoms with Crippen molar-refractivity contribution in [3.05, 3.63) is 30.2 Å². The summed E-state index contributed by atoms with van der Waals surface area (Å²) in [7, 11) is 0. The summed E-state index contributed by atoms with van der Waals surface area (Å²) in [5.41, 5.74) is 1.72. The minimum atomic E-state index is -1.19. The third-order valence-electron chi connectivity index (χ3n) is 2.25. The van der Waals surface area contributed by atoms with Crippen LogP contribution < -0.4 is 0 Å². The van der Waals surface area contributed by atoms with Gasteiger partial charge in [0.1, 0.15) is 17.7 Å². The molecule has 80 valence electrons. The molecule has 2 rings (SSSR count). The van der Waals surface area contributed by atoms with E-state index >= 15 is 0 Å². The smallest absolute Gasteiger partial charge is 0.181 e. The minimum absolute atomic E-state index is 0.488. The first-order valence-corrected chi connectivity index (χ1v) is 4.52. The zero-order chi connectivity index (χ0) is 10.8. The third kappa shape index (κ3) is 1.85. The highest BCUT2D eigenvalue weighted by Gasteiger charge is 2.17. The summed E-state index contributed by atoms with van der Waals surface area (Å²) < 4.78 is 5.03. The van der Waals surface area contributed by atoms with Crippen molar-refractivity contribution < 1.29 is 19.7 Å². The largest absolute Gasteiger partial charge is 0.443 e. The van der Waals surface area contributed by atoms with Crippen LogP contribution >= 0.6 is 0 Å². The third-order valence-corrected chi connectivity index (χ3v) is 2.25. The molecule has 0 saturated heterocycles. The van der Waals surface area contributed by atoms with Crippen LogP contribution in [0.1, 0.15) is 11.7 Å². The number of nitrogens with zero attached hydrogens (tertiary/aromatic N) is 1. The van der Waals surface area contributed by atoms with Gasteiger partial charge >= 0.3 is 0 Å². The summed E-state index contributed by atoms with van der Waals surface area (Å²) >= 11 is 0. The molecule has 0 fully saturated rings. The Morgan fingerprint density at radius 3 is 2.87 bits per heavy atom. The summed E-state index contributed by atoms with van der Waals surface area (Å²) in [6.07, 6.45) is -0.992. The number of rotatable bonds is 3. The lowest BCUT2D eigenvalue weighted by Crippen LogP contribution is -2.21. The van der Waals surface area contributed by atoms with Crippen molar-refractivity contribution in [1.29, 1.82) is 0 Å². The predicted molar refractivity (Wildman–Crippen MR) is 52.1 cm³/mol. The predicted octanol–water partition coefficient (Wildman–Crippen LogP) is 0.214. The zero-order valence-electron chi connectivity index (χ0n) is 7.87. The lowest BCUT2D eigenvalue weighted by atomic mass is 10.0. The van der Waals surface area contributed by atoms with Gasteiger partial charge in [0.25, 0.3) is 0 Å². The van der Waals surface area contributed by atoms with Crippen molar-refractivity contribution in [3.63, 3.8) is 0 Å². The Balaban J connectivity index is 2.35. The molecule has 0 amide bonds. The maximum atomic E-state index is 9.62. The van der Waals surface area contributed by atoms with Crippen molar-refractivity contribution in [2.24, 2.45) is 0 Å². The van der Waals surface area contributed by atoms with E-state index in [0.29, 0.717) is 16.7 Å². The van der Waals surface area contributed by atoms with Crippen LogP contribution in [0.4, 0.5) is 0 Å². The van der Waals surface area contributed by atoms with Gasteiger partial charge in [0.2, 0.25) is 0 Å². The number of hydrogen-bond donors (Lipinski definition) is 3. The van der Waals surface area contributed by atoms with Gasteiger partial charge in [0.05, 0.1) is 6.61 Å². The molecule has 0 aliphatic rings. The summed E-state index contributed by atoms with van der Waals surface area (Å²) in [5, 5.41) is 27.6. The maximum Gasteiger partial charge on any atom is 0.181 e. The van der Waals surface area contributed by atoms with Crippen molar-refractivity contribution in [2.75, 3.05) is 6.61 Å². The van der Waals surface area contributed by atoms with Crippen molar-refractivity contribution in [2.45, 2.75) is 12.2 Å². The normalized spacial score (nSPS) is 15.4. The second-order valence-corrected chi connectivity index (χ2v) is 3.27. The number of aliphatic hydroxyl groups is 3. The van der Waals surface area contributed by atoms with E-state index in [0.717, 1.165) is 0 Å². The Bertz CT molecular complexity index is 453. The van der Waals surface area contributed by atoms with Gasteiger partial charge in [-0.25, -0.2) is 4.98 Å². The number of fused-ring (bicyclic) bond motifs is 1. The molecule has 5 nitrogen and oxygen atoms in total. The molecule has 0 radical (unpaired) electrons. The molecule has 5 heteroatoms. The van der Waals surface area contributed by atoms with Gasteiger partial charge in [0.15, 0.2) is 12.0 Å². The van der Waals surface area contributed by atoms with Crippen molar-refractivity contribution in [1.82, 2.24) is 4.98 Å². The van der Waals surface area contributed by atoms with Gasteiger partial charge in [-0.15, -0.1) is 0 Å². The van der Waals surface area contributed by atoms with E-state index in [9.17, 15) is 10.2 Å². The molecule has 0 saturated carbocycles. The Morgan fingerprint density at radius 2 is 2.13 bits per heavy atom. The highest BCUT2D eigenvalue weighted by molar-refractivity contribution is 5.72. The molecular formula is C10H11NO4. The molecule has 1 heterocycles. The lowest BCUT2D eigenvalue weighted by Gasteiger charge is -2.15. The first-order valence-electron chi connectivity index (χ1n) is 4.52. The number of oxazole rings is 1. The number of benzene rings is 1. The standard InChI is InChI=1S/C10H11NO4/c12-4-8(13)10(14)6-1-2-9-7(3-6)11-5-15-9/h1-3,5,8,10,12-14H,4H2. The van der Waals surface area contributed by atoms with E-state index < -0.39 is 18.8 Å². The molecular weight excluding hydrogens is 198 g/mol.